The Morgan fingerprint density at radius 2 is 1.60 bits per heavy atom. The van der Waals surface area contributed by atoms with E-state index in [4.69, 9.17) is 4.74 Å². The Hall–Kier alpha value is -0.0800. The lowest BCUT2D eigenvalue weighted by molar-refractivity contribution is -0.112. The minimum absolute atomic E-state index is 0.340. The number of aliphatic hydroxyl groups is 1. The van der Waals surface area contributed by atoms with Gasteiger partial charge >= 0.3 is 0 Å². The van der Waals surface area contributed by atoms with E-state index in [9.17, 15) is 5.11 Å². The SMILES string of the molecule is COC(C)(C)C(O)C1CC(C)CC(C)C1. The maximum atomic E-state index is 10.3. The van der Waals surface area contributed by atoms with Crippen LogP contribution in [-0.4, -0.2) is 23.9 Å². The van der Waals surface area contributed by atoms with Crippen LogP contribution >= 0.6 is 0 Å². The zero-order valence-electron chi connectivity index (χ0n) is 10.8. The summed E-state index contributed by atoms with van der Waals surface area (Å²) in [5.41, 5.74) is -0.415. The van der Waals surface area contributed by atoms with Crippen LogP contribution in [0, 0.1) is 17.8 Å². The molecule has 1 aliphatic rings. The molecule has 0 saturated heterocycles. The van der Waals surface area contributed by atoms with Gasteiger partial charge < -0.3 is 9.84 Å². The molecule has 90 valence electrons. The number of ether oxygens (including phenoxy) is 1. The van der Waals surface area contributed by atoms with E-state index in [1.807, 2.05) is 13.8 Å². The Morgan fingerprint density at radius 3 is 2.00 bits per heavy atom. The van der Waals surface area contributed by atoms with Crippen molar-refractivity contribution in [2.45, 2.75) is 58.7 Å². The van der Waals surface area contributed by atoms with Crippen molar-refractivity contribution < 1.29 is 9.84 Å². The second-order valence-electron chi connectivity index (χ2n) is 5.93. The van der Waals surface area contributed by atoms with Crippen LogP contribution in [0.4, 0.5) is 0 Å². The van der Waals surface area contributed by atoms with Crippen molar-refractivity contribution in [1.29, 1.82) is 0 Å². The lowest BCUT2D eigenvalue weighted by atomic mass is 9.72. The number of hydrogen-bond acceptors (Lipinski definition) is 2. The van der Waals surface area contributed by atoms with E-state index < -0.39 is 5.60 Å². The van der Waals surface area contributed by atoms with Crippen LogP contribution < -0.4 is 0 Å². The summed E-state index contributed by atoms with van der Waals surface area (Å²) in [5.74, 6) is 1.88. The number of methoxy groups -OCH3 is 1. The Labute approximate surface area is 94.0 Å². The number of hydrogen-bond donors (Lipinski definition) is 1. The minimum atomic E-state index is -0.415. The van der Waals surface area contributed by atoms with Crippen molar-refractivity contribution in [3.8, 4) is 0 Å². The highest BCUT2D eigenvalue weighted by atomic mass is 16.5. The van der Waals surface area contributed by atoms with Crippen molar-refractivity contribution in [1.82, 2.24) is 0 Å². The Bertz CT molecular complexity index is 191. The predicted octanol–water partition coefficient (Wildman–Crippen LogP) is 2.84. The van der Waals surface area contributed by atoms with E-state index in [-0.39, 0.29) is 6.10 Å². The van der Waals surface area contributed by atoms with Gasteiger partial charge in [-0.1, -0.05) is 13.8 Å². The number of aliphatic hydroxyl groups excluding tert-OH is 1. The molecule has 1 rings (SSSR count). The van der Waals surface area contributed by atoms with Crippen molar-refractivity contribution in [2.75, 3.05) is 7.11 Å². The summed E-state index contributed by atoms with van der Waals surface area (Å²) in [4.78, 5) is 0. The zero-order chi connectivity index (χ0) is 11.6. The fourth-order valence-corrected chi connectivity index (χ4v) is 2.96. The van der Waals surface area contributed by atoms with E-state index in [0.717, 1.165) is 24.7 Å². The maximum absolute atomic E-state index is 10.3. The third-order valence-corrected chi connectivity index (χ3v) is 3.90. The number of rotatable bonds is 3. The van der Waals surface area contributed by atoms with Gasteiger partial charge in [-0.25, -0.2) is 0 Å². The molecule has 1 N–H and O–H groups in total. The van der Waals surface area contributed by atoms with Gasteiger partial charge in [0, 0.05) is 7.11 Å². The van der Waals surface area contributed by atoms with Gasteiger partial charge in [0.05, 0.1) is 11.7 Å². The quantitative estimate of drug-likeness (QED) is 0.783. The van der Waals surface area contributed by atoms with Crippen LogP contribution in [0.15, 0.2) is 0 Å². The van der Waals surface area contributed by atoms with Gasteiger partial charge in [0.1, 0.15) is 0 Å². The van der Waals surface area contributed by atoms with Gasteiger partial charge in [-0.3, -0.25) is 0 Å². The van der Waals surface area contributed by atoms with E-state index >= 15 is 0 Å². The topological polar surface area (TPSA) is 29.5 Å². The lowest BCUT2D eigenvalue weighted by Gasteiger charge is -2.40. The average molecular weight is 214 g/mol. The second kappa shape index (κ2) is 4.84. The second-order valence-corrected chi connectivity index (χ2v) is 5.93. The van der Waals surface area contributed by atoms with Crippen LogP contribution in [0.5, 0.6) is 0 Å². The molecule has 0 radical (unpaired) electrons. The molecule has 2 nitrogen and oxygen atoms in total. The molecule has 0 aromatic heterocycles. The minimum Gasteiger partial charge on any atom is -0.390 e. The smallest absolute Gasteiger partial charge is 0.0883 e. The van der Waals surface area contributed by atoms with Gasteiger partial charge in [0.15, 0.2) is 0 Å². The predicted molar refractivity (Wildman–Crippen MR) is 62.8 cm³/mol. The molecule has 0 amide bonds. The standard InChI is InChI=1S/C13H26O2/c1-9-6-10(2)8-11(7-9)12(14)13(3,4)15-5/h9-12,14H,6-8H2,1-5H3. The lowest BCUT2D eigenvalue weighted by Crippen LogP contribution is -2.45. The highest BCUT2D eigenvalue weighted by Gasteiger charge is 2.37. The summed E-state index contributed by atoms with van der Waals surface area (Å²) < 4.78 is 5.37. The molecule has 1 aliphatic carbocycles. The monoisotopic (exact) mass is 214 g/mol. The summed E-state index contributed by atoms with van der Waals surface area (Å²) in [5, 5.41) is 10.3. The third-order valence-electron chi connectivity index (χ3n) is 3.90. The van der Waals surface area contributed by atoms with Crippen LogP contribution in [0.3, 0.4) is 0 Å². The van der Waals surface area contributed by atoms with Gasteiger partial charge in [-0.2, -0.15) is 0 Å². The molecule has 0 bridgehead atoms. The van der Waals surface area contributed by atoms with Crippen molar-refractivity contribution in [3.63, 3.8) is 0 Å². The van der Waals surface area contributed by atoms with Crippen molar-refractivity contribution >= 4 is 0 Å². The van der Waals surface area contributed by atoms with Crippen molar-refractivity contribution in [2.24, 2.45) is 17.8 Å². The third kappa shape index (κ3) is 3.18. The summed E-state index contributed by atoms with van der Waals surface area (Å²) in [6.07, 6.45) is 3.24. The Morgan fingerprint density at radius 1 is 1.13 bits per heavy atom. The summed E-state index contributed by atoms with van der Waals surface area (Å²) in [6.45, 7) is 8.52. The fourth-order valence-electron chi connectivity index (χ4n) is 2.96. The summed E-state index contributed by atoms with van der Waals surface area (Å²) >= 11 is 0. The molecule has 0 heterocycles. The van der Waals surface area contributed by atoms with Crippen LogP contribution in [0.1, 0.15) is 47.0 Å². The Kier molecular flexibility index (Phi) is 4.19. The van der Waals surface area contributed by atoms with Gasteiger partial charge in [-0.05, 0) is 50.9 Å². The normalized spacial score (nSPS) is 35.2. The molecule has 0 spiro atoms. The molecule has 2 heteroatoms. The molecule has 15 heavy (non-hydrogen) atoms. The van der Waals surface area contributed by atoms with Crippen LogP contribution in [0.2, 0.25) is 0 Å². The molecular formula is C13H26O2. The van der Waals surface area contributed by atoms with Gasteiger partial charge in [-0.15, -0.1) is 0 Å². The first kappa shape index (κ1) is 13.0. The largest absolute Gasteiger partial charge is 0.390 e. The Balaban J connectivity index is 2.62. The van der Waals surface area contributed by atoms with Gasteiger partial charge in [0.25, 0.3) is 0 Å². The summed E-state index contributed by atoms with van der Waals surface area (Å²) in [6, 6.07) is 0. The van der Waals surface area contributed by atoms with Gasteiger partial charge in [0.2, 0.25) is 0 Å². The van der Waals surface area contributed by atoms with Crippen molar-refractivity contribution in [3.05, 3.63) is 0 Å². The maximum Gasteiger partial charge on any atom is 0.0883 e. The zero-order valence-corrected chi connectivity index (χ0v) is 10.8. The fraction of sp³-hybridized carbons (Fsp3) is 1.00. The molecule has 1 saturated carbocycles. The first-order valence-corrected chi connectivity index (χ1v) is 6.10. The van der Waals surface area contributed by atoms with E-state index in [0.29, 0.717) is 5.92 Å². The average Bonchev–Trinajstić information content (AvgIpc) is 2.15. The molecule has 0 aliphatic heterocycles. The first-order valence-electron chi connectivity index (χ1n) is 6.10. The molecule has 0 aromatic rings. The molecule has 0 aromatic carbocycles. The molecule has 3 unspecified atom stereocenters. The highest BCUT2D eigenvalue weighted by Crippen LogP contribution is 2.37. The highest BCUT2D eigenvalue weighted by molar-refractivity contribution is 4.88. The van der Waals surface area contributed by atoms with E-state index in [1.165, 1.54) is 6.42 Å². The van der Waals surface area contributed by atoms with E-state index in [2.05, 4.69) is 13.8 Å². The molecule has 3 atom stereocenters. The molecule has 1 fully saturated rings. The first-order chi connectivity index (χ1) is 6.86. The van der Waals surface area contributed by atoms with E-state index in [1.54, 1.807) is 7.11 Å². The summed E-state index contributed by atoms with van der Waals surface area (Å²) in [7, 11) is 1.68. The van der Waals surface area contributed by atoms with Crippen LogP contribution in [0.25, 0.3) is 0 Å². The van der Waals surface area contributed by atoms with Crippen LogP contribution in [-0.2, 0) is 4.74 Å². The molecular weight excluding hydrogens is 188 g/mol.